The van der Waals surface area contributed by atoms with Crippen LogP contribution < -0.4 is 10.8 Å². The minimum atomic E-state index is -0.539. The number of amides is 1. The zero-order chi connectivity index (χ0) is 14.9. The summed E-state index contributed by atoms with van der Waals surface area (Å²) in [6.45, 7) is 1.57. The lowest BCUT2D eigenvalue weighted by Crippen LogP contribution is -2.14. The molecule has 3 N–H and O–H groups in total. The third-order valence-corrected chi connectivity index (χ3v) is 2.99. The Hall–Kier alpha value is -2.43. The lowest BCUT2D eigenvalue weighted by atomic mass is 10.1. The molecule has 0 aliphatic rings. The van der Waals surface area contributed by atoms with Crippen molar-refractivity contribution in [2.45, 2.75) is 13.1 Å². The maximum Gasteiger partial charge on any atom is 0.267 e. The summed E-state index contributed by atoms with van der Waals surface area (Å²) < 4.78 is 0. The molecule has 0 unspecified atom stereocenters. The molecule has 2 aromatic rings. The summed E-state index contributed by atoms with van der Waals surface area (Å²) in [5.41, 5.74) is 4.86. The maximum atomic E-state index is 10.9. The zero-order valence-corrected chi connectivity index (χ0v) is 11.6. The normalized spacial score (nSPS) is 10.7. The van der Waals surface area contributed by atoms with E-state index in [4.69, 9.17) is 5.21 Å². The van der Waals surface area contributed by atoms with Gasteiger partial charge in [-0.2, -0.15) is 0 Å². The molecule has 108 valence electrons. The maximum absolute atomic E-state index is 10.9. The van der Waals surface area contributed by atoms with Crippen LogP contribution in [0.2, 0.25) is 0 Å². The summed E-state index contributed by atoms with van der Waals surface area (Å²) in [6, 6.07) is 18.1. The molecule has 4 heteroatoms. The molecule has 2 rings (SSSR count). The van der Waals surface area contributed by atoms with Gasteiger partial charge in [0.05, 0.1) is 0 Å². The molecule has 0 atom stereocenters. The largest absolute Gasteiger partial charge is 0.309 e. The summed E-state index contributed by atoms with van der Waals surface area (Å²) in [7, 11) is 0. The number of hydrogen-bond acceptors (Lipinski definition) is 3. The highest BCUT2D eigenvalue weighted by atomic mass is 16.5. The summed E-state index contributed by atoms with van der Waals surface area (Å²) in [5, 5.41) is 11.8. The number of nitrogens with one attached hydrogen (secondary N) is 2. The summed E-state index contributed by atoms with van der Waals surface area (Å²) >= 11 is 0. The van der Waals surface area contributed by atoms with Crippen molar-refractivity contribution in [3.05, 3.63) is 77.4 Å². The highest BCUT2D eigenvalue weighted by Gasteiger charge is 1.96. The van der Waals surface area contributed by atoms with Gasteiger partial charge in [-0.05, 0) is 22.8 Å². The van der Waals surface area contributed by atoms with Crippen molar-refractivity contribution < 1.29 is 10.0 Å². The smallest absolute Gasteiger partial charge is 0.267 e. The van der Waals surface area contributed by atoms with E-state index in [2.05, 4.69) is 17.4 Å². The van der Waals surface area contributed by atoms with E-state index in [1.54, 1.807) is 11.6 Å². The van der Waals surface area contributed by atoms with Crippen LogP contribution in [-0.2, 0) is 17.9 Å². The molecule has 0 heterocycles. The van der Waals surface area contributed by atoms with E-state index in [1.807, 2.05) is 42.5 Å². The Morgan fingerprint density at radius 3 is 2.48 bits per heavy atom. The van der Waals surface area contributed by atoms with Crippen LogP contribution in [0.5, 0.6) is 0 Å². The Kier molecular flexibility index (Phi) is 5.70. The van der Waals surface area contributed by atoms with Crippen molar-refractivity contribution in [2.75, 3.05) is 0 Å². The van der Waals surface area contributed by atoms with Gasteiger partial charge in [0.2, 0.25) is 0 Å². The van der Waals surface area contributed by atoms with Crippen molar-refractivity contribution >= 4 is 12.0 Å². The van der Waals surface area contributed by atoms with Gasteiger partial charge in [-0.15, -0.1) is 0 Å². The second-order valence-corrected chi connectivity index (χ2v) is 4.64. The Morgan fingerprint density at radius 1 is 1.00 bits per heavy atom. The SMILES string of the molecule is O=C(C=Cc1cccc(CNCc2ccccc2)c1)NO. The fourth-order valence-corrected chi connectivity index (χ4v) is 1.96. The van der Waals surface area contributed by atoms with E-state index in [9.17, 15) is 4.79 Å². The van der Waals surface area contributed by atoms with Crippen LogP contribution in [0.25, 0.3) is 6.08 Å². The minimum Gasteiger partial charge on any atom is -0.309 e. The van der Waals surface area contributed by atoms with Crippen LogP contribution >= 0.6 is 0 Å². The first kappa shape index (κ1) is 15.0. The Morgan fingerprint density at radius 2 is 1.71 bits per heavy atom. The standard InChI is InChI=1S/C17H18N2O2/c20-17(19-21)10-9-14-7-4-8-16(11-14)13-18-12-15-5-2-1-3-6-15/h1-11,18,21H,12-13H2,(H,19,20). The molecule has 0 saturated carbocycles. The lowest BCUT2D eigenvalue weighted by Gasteiger charge is -2.06. The fourth-order valence-electron chi connectivity index (χ4n) is 1.96. The first-order chi connectivity index (χ1) is 10.3. The van der Waals surface area contributed by atoms with Crippen LogP contribution in [0, 0.1) is 0 Å². The summed E-state index contributed by atoms with van der Waals surface area (Å²) in [5.74, 6) is -0.539. The molecule has 0 spiro atoms. The van der Waals surface area contributed by atoms with Gasteiger partial charge in [0.15, 0.2) is 0 Å². The molecule has 0 aliphatic carbocycles. The highest BCUT2D eigenvalue weighted by molar-refractivity contribution is 5.90. The topological polar surface area (TPSA) is 61.4 Å². The predicted molar refractivity (Wildman–Crippen MR) is 82.4 cm³/mol. The van der Waals surface area contributed by atoms with Crippen LogP contribution in [0.1, 0.15) is 16.7 Å². The van der Waals surface area contributed by atoms with Crippen molar-refractivity contribution in [3.63, 3.8) is 0 Å². The van der Waals surface area contributed by atoms with Crippen LogP contribution in [0.15, 0.2) is 60.7 Å². The Balaban J connectivity index is 1.89. The summed E-state index contributed by atoms with van der Waals surface area (Å²) in [6.07, 6.45) is 2.95. The molecule has 1 amide bonds. The number of carbonyl (C=O) groups excluding carboxylic acids is 1. The number of carbonyl (C=O) groups is 1. The van der Waals surface area contributed by atoms with Crippen molar-refractivity contribution in [3.8, 4) is 0 Å². The molecule has 21 heavy (non-hydrogen) atoms. The summed E-state index contributed by atoms with van der Waals surface area (Å²) in [4.78, 5) is 10.9. The average molecular weight is 282 g/mol. The Labute approximate surface area is 124 Å². The molecule has 4 nitrogen and oxygen atoms in total. The molecule has 0 aliphatic heterocycles. The molecule has 2 aromatic carbocycles. The molecule has 0 saturated heterocycles. The molecular formula is C17H18N2O2. The molecule has 0 bridgehead atoms. The molecule has 0 fully saturated rings. The van der Waals surface area contributed by atoms with E-state index in [0.29, 0.717) is 0 Å². The van der Waals surface area contributed by atoms with Gasteiger partial charge in [-0.25, -0.2) is 5.48 Å². The zero-order valence-electron chi connectivity index (χ0n) is 11.6. The quantitative estimate of drug-likeness (QED) is 0.433. The third kappa shape index (κ3) is 5.22. The second-order valence-electron chi connectivity index (χ2n) is 4.64. The second kappa shape index (κ2) is 7.99. The average Bonchev–Trinajstić information content (AvgIpc) is 2.54. The van der Waals surface area contributed by atoms with Gasteiger partial charge < -0.3 is 5.32 Å². The van der Waals surface area contributed by atoms with Crippen LogP contribution in [-0.4, -0.2) is 11.1 Å². The molecular weight excluding hydrogens is 264 g/mol. The van der Waals surface area contributed by atoms with Gasteiger partial charge in [-0.3, -0.25) is 10.0 Å². The van der Waals surface area contributed by atoms with E-state index in [1.165, 1.54) is 11.6 Å². The van der Waals surface area contributed by atoms with Crippen LogP contribution in [0.3, 0.4) is 0 Å². The highest BCUT2D eigenvalue weighted by Crippen LogP contribution is 2.07. The van der Waals surface area contributed by atoms with Gasteiger partial charge in [0, 0.05) is 19.2 Å². The monoisotopic (exact) mass is 282 g/mol. The van der Waals surface area contributed by atoms with Crippen molar-refractivity contribution in [1.29, 1.82) is 0 Å². The molecule has 0 aromatic heterocycles. The lowest BCUT2D eigenvalue weighted by molar-refractivity contribution is -0.124. The van der Waals surface area contributed by atoms with Crippen molar-refractivity contribution in [2.24, 2.45) is 0 Å². The van der Waals surface area contributed by atoms with Gasteiger partial charge in [0.25, 0.3) is 5.91 Å². The van der Waals surface area contributed by atoms with Crippen molar-refractivity contribution in [1.82, 2.24) is 10.8 Å². The number of benzene rings is 2. The van der Waals surface area contributed by atoms with Gasteiger partial charge in [0.1, 0.15) is 0 Å². The van der Waals surface area contributed by atoms with Gasteiger partial charge >= 0.3 is 0 Å². The van der Waals surface area contributed by atoms with Gasteiger partial charge in [-0.1, -0.05) is 54.6 Å². The first-order valence-electron chi connectivity index (χ1n) is 6.73. The van der Waals surface area contributed by atoms with E-state index < -0.39 is 5.91 Å². The van der Waals surface area contributed by atoms with E-state index in [0.717, 1.165) is 24.2 Å². The first-order valence-corrected chi connectivity index (χ1v) is 6.73. The predicted octanol–water partition coefficient (Wildman–Crippen LogP) is 2.50. The number of hydroxylamine groups is 1. The Bertz CT molecular complexity index is 609. The number of rotatable bonds is 6. The third-order valence-electron chi connectivity index (χ3n) is 2.99. The van der Waals surface area contributed by atoms with E-state index in [-0.39, 0.29) is 0 Å². The minimum absolute atomic E-state index is 0.539. The number of hydrogen-bond donors (Lipinski definition) is 3. The molecule has 0 radical (unpaired) electrons. The van der Waals surface area contributed by atoms with E-state index >= 15 is 0 Å². The fraction of sp³-hybridized carbons (Fsp3) is 0.118. The van der Waals surface area contributed by atoms with Crippen LogP contribution in [0.4, 0.5) is 0 Å².